The lowest BCUT2D eigenvalue weighted by atomic mass is 10.2. The fraction of sp³-hybridized carbons (Fsp3) is 0.312. The van der Waals surface area contributed by atoms with Crippen molar-refractivity contribution in [3.8, 4) is 17.4 Å². The number of hydrogen-bond donors (Lipinski definition) is 1. The fourth-order valence-corrected chi connectivity index (χ4v) is 1.91. The molecule has 0 aliphatic heterocycles. The lowest BCUT2D eigenvalue weighted by Crippen LogP contribution is -2.02. The molecule has 1 N–H and O–H groups in total. The minimum Gasteiger partial charge on any atom is -0.493 e. The first kappa shape index (κ1) is 15.0. The van der Waals surface area contributed by atoms with Crippen molar-refractivity contribution >= 4 is 5.69 Å². The Hall–Kier alpha value is -2.43. The monoisotopic (exact) mass is 288 g/mol. The van der Waals surface area contributed by atoms with Gasteiger partial charge in [0.1, 0.15) is 0 Å². The summed E-state index contributed by atoms with van der Waals surface area (Å²) in [5.74, 6) is 2.10. The highest BCUT2D eigenvalue weighted by Crippen LogP contribution is 2.28. The van der Waals surface area contributed by atoms with Gasteiger partial charge < -0.3 is 19.5 Å². The van der Waals surface area contributed by atoms with E-state index >= 15 is 0 Å². The van der Waals surface area contributed by atoms with Gasteiger partial charge in [-0.15, -0.1) is 0 Å². The van der Waals surface area contributed by atoms with Gasteiger partial charge in [-0.05, 0) is 30.7 Å². The second kappa shape index (κ2) is 7.38. The molecule has 1 aromatic heterocycles. The van der Waals surface area contributed by atoms with Crippen LogP contribution in [-0.4, -0.2) is 25.8 Å². The lowest BCUT2D eigenvalue weighted by molar-refractivity contribution is 0.310. The van der Waals surface area contributed by atoms with Gasteiger partial charge in [0.2, 0.25) is 5.88 Å². The minimum atomic E-state index is 0.601. The molecule has 5 heteroatoms. The van der Waals surface area contributed by atoms with Gasteiger partial charge in [-0.1, -0.05) is 6.07 Å². The van der Waals surface area contributed by atoms with Crippen LogP contribution in [0.25, 0.3) is 0 Å². The number of anilines is 1. The maximum absolute atomic E-state index is 5.57. The Kier molecular flexibility index (Phi) is 5.26. The van der Waals surface area contributed by atoms with Gasteiger partial charge in [0.05, 0.1) is 32.7 Å². The first-order valence-corrected chi connectivity index (χ1v) is 6.80. The van der Waals surface area contributed by atoms with Crippen molar-refractivity contribution < 1.29 is 14.2 Å². The van der Waals surface area contributed by atoms with Crippen molar-refractivity contribution in [1.29, 1.82) is 0 Å². The molecule has 1 aromatic carbocycles. The Morgan fingerprint density at radius 2 is 1.90 bits per heavy atom. The van der Waals surface area contributed by atoms with Crippen molar-refractivity contribution in [3.63, 3.8) is 0 Å². The molecule has 0 amide bonds. The summed E-state index contributed by atoms with van der Waals surface area (Å²) >= 11 is 0. The molecule has 0 atom stereocenters. The average molecular weight is 288 g/mol. The van der Waals surface area contributed by atoms with Crippen LogP contribution < -0.4 is 19.5 Å². The van der Waals surface area contributed by atoms with E-state index in [2.05, 4.69) is 10.3 Å². The number of hydrogen-bond acceptors (Lipinski definition) is 5. The molecule has 2 aromatic rings. The Morgan fingerprint density at radius 1 is 1.05 bits per heavy atom. The molecule has 0 radical (unpaired) electrons. The molecule has 112 valence electrons. The second-order valence-corrected chi connectivity index (χ2v) is 4.36. The summed E-state index contributed by atoms with van der Waals surface area (Å²) in [6.07, 6.45) is 1.74. The average Bonchev–Trinajstić information content (AvgIpc) is 2.54. The zero-order valence-electron chi connectivity index (χ0n) is 12.6. The van der Waals surface area contributed by atoms with Crippen molar-refractivity contribution in [2.75, 3.05) is 26.1 Å². The highest BCUT2D eigenvalue weighted by Gasteiger charge is 2.05. The molecule has 5 nitrogen and oxygen atoms in total. The van der Waals surface area contributed by atoms with Gasteiger partial charge in [0, 0.05) is 12.6 Å². The van der Waals surface area contributed by atoms with E-state index in [1.807, 2.05) is 37.3 Å². The van der Waals surface area contributed by atoms with Gasteiger partial charge in [0.15, 0.2) is 11.5 Å². The third-order valence-electron chi connectivity index (χ3n) is 2.97. The number of benzene rings is 1. The Labute approximate surface area is 124 Å². The normalized spacial score (nSPS) is 10.0. The first-order chi connectivity index (χ1) is 10.3. The van der Waals surface area contributed by atoms with Crippen LogP contribution in [0.1, 0.15) is 12.5 Å². The van der Waals surface area contributed by atoms with Crippen molar-refractivity contribution in [2.45, 2.75) is 13.5 Å². The van der Waals surface area contributed by atoms with Gasteiger partial charge in [0.25, 0.3) is 0 Å². The van der Waals surface area contributed by atoms with E-state index in [9.17, 15) is 0 Å². The number of rotatable bonds is 7. The Morgan fingerprint density at radius 3 is 2.52 bits per heavy atom. The maximum Gasteiger partial charge on any atom is 0.213 e. The van der Waals surface area contributed by atoms with Crippen LogP contribution in [0.5, 0.6) is 17.4 Å². The van der Waals surface area contributed by atoms with Gasteiger partial charge >= 0.3 is 0 Å². The molecule has 0 saturated heterocycles. The number of nitrogens with zero attached hydrogens (tertiary/aromatic N) is 1. The third kappa shape index (κ3) is 4.02. The van der Waals surface area contributed by atoms with E-state index in [0.717, 1.165) is 22.7 Å². The molecule has 0 saturated carbocycles. The summed E-state index contributed by atoms with van der Waals surface area (Å²) in [6.45, 7) is 3.24. The summed E-state index contributed by atoms with van der Waals surface area (Å²) in [4.78, 5) is 4.15. The predicted octanol–water partition coefficient (Wildman–Crippen LogP) is 3.11. The minimum absolute atomic E-state index is 0.601. The summed E-state index contributed by atoms with van der Waals surface area (Å²) < 4.78 is 15.9. The molecule has 2 rings (SSSR count). The number of aromatic nitrogens is 1. The highest BCUT2D eigenvalue weighted by molar-refractivity contribution is 5.46. The van der Waals surface area contributed by atoms with Crippen LogP contribution in [0.2, 0.25) is 0 Å². The molecular weight excluding hydrogens is 268 g/mol. The van der Waals surface area contributed by atoms with E-state index in [1.54, 1.807) is 20.4 Å². The molecule has 0 aliphatic carbocycles. The van der Waals surface area contributed by atoms with E-state index in [-0.39, 0.29) is 0 Å². The Bertz CT molecular complexity index is 570. The summed E-state index contributed by atoms with van der Waals surface area (Å²) in [6, 6.07) is 9.65. The molecule has 0 bridgehead atoms. The third-order valence-corrected chi connectivity index (χ3v) is 2.97. The summed E-state index contributed by atoms with van der Waals surface area (Å²) in [5.41, 5.74) is 2.04. The lowest BCUT2D eigenvalue weighted by Gasteiger charge is -2.12. The van der Waals surface area contributed by atoms with Gasteiger partial charge in [-0.3, -0.25) is 0 Å². The Balaban J connectivity index is 2.03. The van der Waals surface area contributed by atoms with Crippen molar-refractivity contribution in [3.05, 3.63) is 42.1 Å². The van der Waals surface area contributed by atoms with Crippen LogP contribution >= 0.6 is 0 Å². The topological polar surface area (TPSA) is 52.6 Å². The molecular formula is C16H20N2O3. The van der Waals surface area contributed by atoms with Crippen molar-refractivity contribution in [2.24, 2.45) is 0 Å². The van der Waals surface area contributed by atoms with Crippen molar-refractivity contribution in [1.82, 2.24) is 4.98 Å². The molecule has 0 aliphatic rings. The fourth-order valence-electron chi connectivity index (χ4n) is 1.91. The van der Waals surface area contributed by atoms with E-state index in [0.29, 0.717) is 19.0 Å². The van der Waals surface area contributed by atoms with Crippen LogP contribution in [0.3, 0.4) is 0 Å². The summed E-state index contributed by atoms with van der Waals surface area (Å²) in [7, 11) is 3.24. The quantitative estimate of drug-likeness (QED) is 0.848. The number of pyridine rings is 1. The zero-order chi connectivity index (χ0) is 15.1. The first-order valence-electron chi connectivity index (χ1n) is 6.80. The van der Waals surface area contributed by atoms with Gasteiger partial charge in [-0.2, -0.15) is 0 Å². The van der Waals surface area contributed by atoms with E-state index in [4.69, 9.17) is 14.2 Å². The molecule has 0 fully saturated rings. The highest BCUT2D eigenvalue weighted by atomic mass is 16.5. The largest absolute Gasteiger partial charge is 0.493 e. The van der Waals surface area contributed by atoms with Crippen LogP contribution in [-0.2, 0) is 6.54 Å². The standard InChI is InChI=1S/C16H20N2O3/c1-4-21-15-9-12(5-7-14(15)19-2)10-17-13-6-8-16(20-3)18-11-13/h5-9,11,17H,4,10H2,1-3H3. The van der Waals surface area contributed by atoms with Crippen LogP contribution in [0, 0.1) is 0 Å². The molecule has 0 spiro atoms. The number of ether oxygens (including phenoxy) is 3. The molecule has 1 heterocycles. The van der Waals surface area contributed by atoms with Gasteiger partial charge in [-0.25, -0.2) is 4.98 Å². The molecule has 21 heavy (non-hydrogen) atoms. The van der Waals surface area contributed by atoms with E-state index < -0.39 is 0 Å². The van der Waals surface area contributed by atoms with E-state index in [1.165, 1.54) is 0 Å². The maximum atomic E-state index is 5.57. The molecule has 0 unspecified atom stereocenters. The predicted molar refractivity (Wildman–Crippen MR) is 82.3 cm³/mol. The summed E-state index contributed by atoms with van der Waals surface area (Å²) in [5, 5.41) is 3.30. The zero-order valence-corrected chi connectivity index (χ0v) is 12.6. The SMILES string of the molecule is CCOc1cc(CNc2ccc(OC)nc2)ccc1OC. The number of methoxy groups -OCH3 is 2. The van der Waals surface area contributed by atoms with Crippen LogP contribution in [0.15, 0.2) is 36.5 Å². The van der Waals surface area contributed by atoms with Crippen LogP contribution in [0.4, 0.5) is 5.69 Å². The smallest absolute Gasteiger partial charge is 0.213 e. The number of nitrogens with one attached hydrogen (secondary N) is 1. The second-order valence-electron chi connectivity index (χ2n) is 4.36.